The fraction of sp³-hybridized carbons (Fsp3) is 0.300. The minimum Gasteiger partial charge on any atom is -0.376 e. The van der Waals surface area contributed by atoms with Crippen molar-refractivity contribution >= 4 is 17.2 Å². The number of nitrogens with zero attached hydrogens (tertiary/aromatic N) is 2. The molecule has 0 saturated carbocycles. The zero-order chi connectivity index (χ0) is 17.5. The molecular weight excluding hydrogens is 346 g/mol. The lowest BCUT2D eigenvalue weighted by molar-refractivity contribution is 0.0498. The second kappa shape index (κ2) is 6.37. The van der Waals surface area contributed by atoms with Crippen LogP contribution in [0.15, 0.2) is 47.8 Å². The third-order valence-corrected chi connectivity index (χ3v) is 6.07. The molecule has 1 saturated heterocycles. The third-order valence-electron chi connectivity index (χ3n) is 5.15. The van der Waals surface area contributed by atoms with Gasteiger partial charge in [-0.05, 0) is 24.3 Å². The summed E-state index contributed by atoms with van der Waals surface area (Å²) in [5.41, 5.74) is 3.49. The summed E-state index contributed by atoms with van der Waals surface area (Å²) >= 11 is 1.68. The van der Waals surface area contributed by atoms with Crippen LogP contribution in [-0.4, -0.2) is 40.3 Å². The highest BCUT2D eigenvalue weighted by atomic mass is 32.1. The van der Waals surface area contributed by atoms with Gasteiger partial charge in [0, 0.05) is 29.2 Å². The molecule has 3 aromatic rings. The van der Waals surface area contributed by atoms with E-state index in [2.05, 4.69) is 21.6 Å². The molecule has 0 spiro atoms. The average molecular weight is 365 g/mol. The minimum atomic E-state index is -0.101. The number of carbonyl (C=O) groups is 1. The number of aromatic nitrogens is 2. The van der Waals surface area contributed by atoms with Gasteiger partial charge in [-0.1, -0.05) is 36.4 Å². The van der Waals surface area contributed by atoms with Crippen molar-refractivity contribution in [1.29, 1.82) is 0 Å². The Labute approximate surface area is 155 Å². The van der Waals surface area contributed by atoms with Gasteiger partial charge in [0.15, 0.2) is 0 Å². The molecule has 2 unspecified atom stereocenters. The van der Waals surface area contributed by atoms with Crippen molar-refractivity contribution in [2.24, 2.45) is 0 Å². The number of benzene rings is 1. The number of hydrogen-bond acceptors (Lipinski definition) is 4. The molecule has 0 radical (unpaired) electrons. The molecule has 2 aliphatic heterocycles. The van der Waals surface area contributed by atoms with Crippen molar-refractivity contribution in [3.63, 3.8) is 0 Å². The molecule has 0 aliphatic carbocycles. The van der Waals surface area contributed by atoms with Crippen molar-refractivity contribution in [2.45, 2.75) is 25.0 Å². The summed E-state index contributed by atoms with van der Waals surface area (Å²) in [5, 5.41) is 9.55. The summed E-state index contributed by atoms with van der Waals surface area (Å²) in [6, 6.07) is 14.1. The van der Waals surface area contributed by atoms with E-state index in [0.29, 0.717) is 12.2 Å². The van der Waals surface area contributed by atoms with Gasteiger partial charge in [-0.25, -0.2) is 0 Å². The van der Waals surface area contributed by atoms with Crippen LogP contribution in [-0.2, 0) is 4.74 Å². The van der Waals surface area contributed by atoms with E-state index in [1.165, 1.54) is 0 Å². The highest BCUT2D eigenvalue weighted by Gasteiger charge is 2.43. The molecule has 5 nitrogen and oxygen atoms in total. The first-order valence-corrected chi connectivity index (χ1v) is 9.80. The van der Waals surface area contributed by atoms with Gasteiger partial charge in [0.05, 0.1) is 17.8 Å². The topological polar surface area (TPSA) is 58.2 Å². The predicted molar refractivity (Wildman–Crippen MR) is 100 cm³/mol. The molecule has 6 heteroatoms. The predicted octanol–water partition coefficient (Wildman–Crippen LogP) is 3.86. The fourth-order valence-corrected chi connectivity index (χ4v) is 4.80. The van der Waals surface area contributed by atoms with Crippen molar-refractivity contribution < 1.29 is 9.53 Å². The summed E-state index contributed by atoms with van der Waals surface area (Å²) < 4.78 is 5.80. The normalized spacial score (nSPS) is 22.2. The van der Waals surface area contributed by atoms with Crippen molar-refractivity contribution in [3.8, 4) is 11.3 Å². The summed E-state index contributed by atoms with van der Waals surface area (Å²) in [6.45, 7) is 1.41. The number of rotatable bonds is 4. The number of hydrogen-bond donors (Lipinski definition) is 1. The lowest BCUT2D eigenvalue weighted by Gasteiger charge is -2.27. The fourth-order valence-electron chi connectivity index (χ4n) is 3.95. The Kier molecular flexibility index (Phi) is 3.87. The van der Waals surface area contributed by atoms with Crippen LogP contribution >= 0.6 is 11.3 Å². The summed E-state index contributed by atoms with van der Waals surface area (Å²) in [6.07, 6.45) is 2.20. The Morgan fingerprint density at radius 2 is 2.12 bits per heavy atom. The number of nitrogens with one attached hydrogen (secondary N) is 1. The first kappa shape index (κ1) is 15.8. The van der Waals surface area contributed by atoms with Gasteiger partial charge in [-0.3, -0.25) is 9.89 Å². The molecule has 2 atom stereocenters. The quantitative estimate of drug-likeness (QED) is 0.764. The van der Waals surface area contributed by atoms with E-state index in [4.69, 9.17) is 4.74 Å². The van der Waals surface area contributed by atoms with E-state index in [1.807, 2.05) is 41.3 Å². The van der Waals surface area contributed by atoms with Crippen LogP contribution < -0.4 is 0 Å². The molecule has 1 N–H and O–H groups in total. The van der Waals surface area contributed by atoms with Crippen LogP contribution in [0.25, 0.3) is 11.3 Å². The van der Waals surface area contributed by atoms with E-state index < -0.39 is 0 Å². The van der Waals surface area contributed by atoms with E-state index >= 15 is 0 Å². The smallest absolute Gasteiger partial charge is 0.273 e. The maximum atomic E-state index is 13.1. The molecule has 5 rings (SSSR count). The zero-order valence-electron chi connectivity index (χ0n) is 14.2. The van der Waals surface area contributed by atoms with Crippen molar-refractivity contribution in [2.75, 3.05) is 13.2 Å². The Balaban J connectivity index is 1.60. The summed E-state index contributed by atoms with van der Waals surface area (Å²) in [4.78, 5) is 16.3. The van der Waals surface area contributed by atoms with Gasteiger partial charge in [-0.2, -0.15) is 5.10 Å². The van der Waals surface area contributed by atoms with Gasteiger partial charge in [0.25, 0.3) is 5.91 Å². The molecule has 2 aromatic heterocycles. The van der Waals surface area contributed by atoms with Crippen LogP contribution in [0.5, 0.6) is 0 Å². The average Bonchev–Trinajstić information content (AvgIpc) is 3.45. The lowest BCUT2D eigenvalue weighted by Crippen LogP contribution is -2.36. The minimum absolute atomic E-state index is 0.0172. The van der Waals surface area contributed by atoms with E-state index in [0.717, 1.165) is 41.1 Å². The van der Waals surface area contributed by atoms with Crippen LogP contribution in [0.1, 0.15) is 39.8 Å². The van der Waals surface area contributed by atoms with Crippen molar-refractivity contribution in [3.05, 3.63) is 64.0 Å². The molecule has 2 aliphatic rings. The van der Waals surface area contributed by atoms with E-state index in [9.17, 15) is 4.79 Å². The molecular formula is C20H19N3O2S. The number of ether oxygens (including phenoxy) is 1. The molecule has 26 heavy (non-hydrogen) atoms. The highest BCUT2D eigenvalue weighted by molar-refractivity contribution is 7.10. The van der Waals surface area contributed by atoms with Gasteiger partial charge in [0.1, 0.15) is 5.69 Å². The zero-order valence-corrected chi connectivity index (χ0v) is 15.0. The SMILES string of the molecule is O=C1c2[nH]nc(-c3ccccc3)c2C(c2cccs2)N1CC1CCCO1. The number of thiophene rings is 1. The molecule has 132 valence electrons. The largest absolute Gasteiger partial charge is 0.376 e. The molecule has 1 fully saturated rings. The Morgan fingerprint density at radius 1 is 1.23 bits per heavy atom. The van der Waals surface area contributed by atoms with Gasteiger partial charge in [-0.15, -0.1) is 11.3 Å². The van der Waals surface area contributed by atoms with Crippen LogP contribution in [0.3, 0.4) is 0 Å². The lowest BCUT2D eigenvalue weighted by atomic mass is 10.0. The summed E-state index contributed by atoms with van der Waals surface area (Å²) in [5.74, 6) is 0.0172. The molecule has 0 bridgehead atoms. The first-order valence-electron chi connectivity index (χ1n) is 8.92. The second-order valence-corrected chi connectivity index (χ2v) is 7.72. The maximum Gasteiger partial charge on any atom is 0.273 e. The third kappa shape index (κ3) is 2.48. The van der Waals surface area contributed by atoms with Gasteiger partial charge >= 0.3 is 0 Å². The highest BCUT2D eigenvalue weighted by Crippen LogP contribution is 2.44. The first-order chi connectivity index (χ1) is 12.8. The Bertz CT molecular complexity index is 914. The molecule has 4 heterocycles. The molecule has 1 aromatic carbocycles. The molecule has 1 amide bonds. The van der Waals surface area contributed by atoms with E-state index in [1.54, 1.807) is 11.3 Å². The van der Waals surface area contributed by atoms with Crippen LogP contribution in [0, 0.1) is 0 Å². The number of carbonyl (C=O) groups excluding carboxylic acids is 1. The number of fused-ring (bicyclic) bond motifs is 1. The number of aromatic amines is 1. The van der Waals surface area contributed by atoms with Gasteiger partial charge in [0.2, 0.25) is 0 Å². The monoisotopic (exact) mass is 365 g/mol. The van der Waals surface area contributed by atoms with Crippen LogP contribution in [0.2, 0.25) is 0 Å². The maximum absolute atomic E-state index is 13.1. The second-order valence-electron chi connectivity index (χ2n) is 6.74. The van der Waals surface area contributed by atoms with Crippen LogP contribution in [0.4, 0.5) is 0 Å². The number of amides is 1. The standard InChI is InChI=1S/C20H19N3O2S/c24-20-18-16(17(21-22-18)13-6-2-1-3-7-13)19(15-9-5-11-26-15)23(20)12-14-8-4-10-25-14/h1-3,5-7,9,11,14,19H,4,8,10,12H2,(H,21,22). The Morgan fingerprint density at radius 3 is 2.85 bits per heavy atom. The number of H-pyrrole nitrogens is 1. The van der Waals surface area contributed by atoms with E-state index in [-0.39, 0.29) is 18.1 Å². The Hall–Kier alpha value is -2.44. The van der Waals surface area contributed by atoms with Gasteiger partial charge < -0.3 is 9.64 Å². The van der Waals surface area contributed by atoms with Crippen molar-refractivity contribution in [1.82, 2.24) is 15.1 Å². The summed E-state index contributed by atoms with van der Waals surface area (Å²) in [7, 11) is 0.